The third-order valence-corrected chi connectivity index (χ3v) is 4.58. The van der Waals surface area contributed by atoms with Gasteiger partial charge in [-0.05, 0) is 17.7 Å². The maximum absolute atomic E-state index is 12.0. The van der Waals surface area contributed by atoms with Gasteiger partial charge in [0, 0.05) is 32.7 Å². The summed E-state index contributed by atoms with van der Waals surface area (Å²) in [5.74, 6) is 0.0405. The van der Waals surface area contributed by atoms with E-state index in [0.717, 1.165) is 0 Å². The molecule has 0 amide bonds. The molecule has 2 rings (SSSR count). The van der Waals surface area contributed by atoms with E-state index in [-0.39, 0.29) is 12.3 Å². The second-order valence-electron chi connectivity index (χ2n) is 4.50. The quantitative estimate of drug-likeness (QED) is 0.802. The van der Waals surface area contributed by atoms with Gasteiger partial charge in [-0.2, -0.15) is 26.2 Å². The van der Waals surface area contributed by atoms with Crippen molar-refractivity contribution < 1.29 is 21.9 Å². The molecule has 1 saturated heterocycles. The first-order chi connectivity index (χ1) is 9.97. The zero-order valence-electron chi connectivity index (χ0n) is 11.3. The second-order valence-corrected chi connectivity index (χ2v) is 6.25. The van der Waals surface area contributed by atoms with Crippen LogP contribution in [0.5, 0.6) is 5.75 Å². The zero-order chi connectivity index (χ0) is 15.3. The molecular formula is C12H17F2N3O3S. The number of alkyl halides is 2. The Hall–Kier alpha value is -1.29. The molecule has 0 aliphatic carbocycles. The summed E-state index contributed by atoms with van der Waals surface area (Å²) in [7, 11) is -3.52. The molecule has 1 aromatic carbocycles. The molecule has 9 heteroatoms. The normalized spacial score (nSPS) is 17.1. The van der Waals surface area contributed by atoms with Gasteiger partial charge in [-0.25, -0.2) is 0 Å². The highest BCUT2D eigenvalue weighted by Crippen LogP contribution is 2.15. The number of halogens is 2. The van der Waals surface area contributed by atoms with Crippen LogP contribution in [0.25, 0.3) is 0 Å². The summed E-state index contributed by atoms with van der Waals surface area (Å²) >= 11 is 0. The summed E-state index contributed by atoms with van der Waals surface area (Å²) in [4.78, 5) is 0. The summed E-state index contributed by atoms with van der Waals surface area (Å²) in [6.45, 7) is -0.669. The Kier molecular flexibility index (Phi) is 5.45. The summed E-state index contributed by atoms with van der Waals surface area (Å²) in [6.07, 6.45) is 0. The molecule has 1 aliphatic rings. The Balaban J connectivity index is 1.89. The monoisotopic (exact) mass is 321 g/mol. The molecule has 0 saturated carbocycles. The lowest BCUT2D eigenvalue weighted by molar-refractivity contribution is -0.0498. The van der Waals surface area contributed by atoms with Crippen LogP contribution in [0, 0.1) is 0 Å². The zero-order valence-corrected chi connectivity index (χ0v) is 12.1. The highest BCUT2D eigenvalue weighted by Gasteiger charge is 2.22. The van der Waals surface area contributed by atoms with Gasteiger partial charge in [0.05, 0.1) is 0 Å². The Morgan fingerprint density at radius 2 is 1.86 bits per heavy atom. The van der Waals surface area contributed by atoms with Gasteiger partial charge >= 0.3 is 6.61 Å². The van der Waals surface area contributed by atoms with E-state index in [1.807, 2.05) is 0 Å². The molecule has 0 bridgehead atoms. The van der Waals surface area contributed by atoms with Crippen LogP contribution in [0.1, 0.15) is 5.56 Å². The smallest absolute Gasteiger partial charge is 0.387 e. The minimum Gasteiger partial charge on any atom is -0.435 e. The number of nitrogens with one attached hydrogen (secondary N) is 2. The van der Waals surface area contributed by atoms with Crippen LogP contribution in [-0.2, 0) is 16.8 Å². The first kappa shape index (κ1) is 16.1. The molecule has 2 N–H and O–H groups in total. The molecule has 0 spiro atoms. The van der Waals surface area contributed by atoms with Crippen LogP contribution in [0.4, 0.5) is 8.78 Å². The van der Waals surface area contributed by atoms with Crippen LogP contribution in [-0.4, -0.2) is 45.5 Å². The molecule has 118 valence electrons. The largest absolute Gasteiger partial charge is 0.435 e. The van der Waals surface area contributed by atoms with Gasteiger partial charge in [0.1, 0.15) is 5.75 Å². The summed E-state index contributed by atoms with van der Waals surface area (Å²) in [5, 5.41) is 3.07. The molecule has 0 radical (unpaired) electrons. The number of ether oxygens (including phenoxy) is 1. The van der Waals surface area contributed by atoms with Crippen molar-refractivity contribution in [1.82, 2.24) is 14.3 Å². The van der Waals surface area contributed by atoms with Crippen LogP contribution in [0.2, 0.25) is 0 Å². The topological polar surface area (TPSA) is 70.7 Å². The Morgan fingerprint density at radius 1 is 1.24 bits per heavy atom. The summed E-state index contributed by atoms with van der Waals surface area (Å²) in [6, 6.07) is 5.83. The van der Waals surface area contributed by atoms with Crippen molar-refractivity contribution >= 4 is 10.2 Å². The van der Waals surface area contributed by atoms with Crippen molar-refractivity contribution in [3.05, 3.63) is 29.8 Å². The Morgan fingerprint density at radius 3 is 2.43 bits per heavy atom. The van der Waals surface area contributed by atoms with E-state index in [4.69, 9.17) is 0 Å². The first-order valence-corrected chi connectivity index (χ1v) is 7.90. The van der Waals surface area contributed by atoms with Gasteiger partial charge in [0.25, 0.3) is 10.2 Å². The number of rotatable bonds is 6. The number of nitrogens with zero attached hydrogens (tertiary/aromatic N) is 1. The van der Waals surface area contributed by atoms with E-state index in [1.54, 1.807) is 0 Å². The highest BCUT2D eigenvalue weighted by molar-refractivity contribution is 7.87. The molecule has 1 heterocycles. The highest BCUT2D eigenvalue weighted by atomic mass is 32.2. The maximum atomic E-state index is 12.0. The fourth-order valence-electron chi connectivity index (χ4n) is 1.94. The van der Waals surface area contributed by atoms with Crippen LogP contribution in [0.3, 0.4) is 0 Å². The van der Waals surface area contributed by atoms with Crippen molar-refractivity contribution in [2.45, 2.75) is 13.2 Å². The molecule has 1 aromatic rings. The van der Waals surface area contributed by atoms with E-state index in [2.05, 4.69) is 14.8 Å². The number of benzene rings is 1. The Bertz CT molecular complexity index is 545. The Labute approximate surface area is 122 Å². The molecule has 0 aromatic heterocycles. The fourth-order valence-corrected chi connectivity index (χ4v) is 3.13. The van der Waals surface area contributed by atoms with Crippen molar-refractivity contribution in [3.8, 4) is 5.75 Å². The predicted molar refractivity (Wildman–Crippen MR) is 73.3 cm³/mol. The lowest BCUT2D eigenvalue weighted by Crippen LogP contribution is -2.50. The minimum atomic E-state index is -3.52. The SMILES string of the molecule is O=S(=O)(NCc1ccc(OC(F)F)cc1)N1CCNCC1. The molecule has 6 nitrogen and oxygen atoms in total. The third kappa shape index (κ3) is 4.88. The molecule has 1 aliphatic heterocycles. The van der Waals surface area contributed by atoms with Crippen molar-refractivity contribution in [1.29, 1.82) is 0 Å². The fraction of sp³-hybridized carbons (Fsp3) is 0.500. The standard InChI is InChI=1S/C12H17F2N3O3S/c13-12(14)20-11-3-1-10(2-4-11)9-16-21(18,19)17-7-5-15-6-8-17/h1-4,12,15-16H,5-9H2. The third-order valence-electron chi connectivity index (χ3n) is 3.02. The van der Waals surface area contributed by atoms with Gasteiger partial charge in [0.2, 0.25) is 0 Å². The average molecular weight is 321 g/mol. The van der Waals surface area contributed by atoms with Crippen LogP contribution < -0.4 is 14.8 Å². The molecule has 1 fully saturated rings. The number of hydrogen-bond donors (Lipinski definition) is 2. The summed E-state index contributed by atoms with van der Waals surface area (Å²) in [5.41, 5.74) is 0.662. The lowest BCUT2D eigenvalue weighted by Gasteiger charge is -2.26. The lowest BCUT2D eigenvalue weighted by atomic mass is 10.2. The first-order valence-electron chi connectivity index (χ1n) is 6.46. The van der Waals surface area contributed by atoms with E-state index < -0.39 is 16.8 Å². The van der Waals surface area contributed by atoms with Gasteiger partial charge < -0.3 is 10.1 Å². The molecule has 21 heavy (non-hydrogen) atoms. The van der Waals surface area contributed by atoms with Crippen LogP contribution >= 0.6 is 0 Å². The van der Waals surface area contributed by atoms with E-state index in [1.165, 1.54) is 28.6 Å². The van der Waals surface area contributed by atoms with Crippen LogP contribution in [0.15, 0.2) is 24.3 Å². The van der Waals surface area contributed by atoms with Crippen molar-refractivity contribution in [3.63, 3.8) is 0 Å². The second kappa shape index (κ2) is 7.12. The number of piperazine rings is 1. The van der Waals surface area contributed by atoms with Gasteiger partial charge in [-0.3, -0.25) is 0 Å². The molecule has 0 atom stereocenters. The molecule has 0 unspecified atom stereocenters. The maximum Gasteiger partial charge on any atom is 0.387 e. The number of hydrogen-bond acceptors (Lipinski definition) is 4. The predicted octanol–water partition coefficient (Wildman–Crippen LogP) is 0.528. The van der Waals surface area contributed by atoms with Gasteiger partial charge in [0.15, 0.2) is 0 Å². The molecular weight excluding hydrogens is 304 g/mol. The van der Waals surface area contributed by atoms with Crippen molar-refractivity contribution in [2.75, 3.05) is 26.2 Å². The van der Waals surface area contributed by atoms with E-state index in [0.29, 0.717) is 31.7 Å². The minimum absolute atomic E-state index is 0.0405. The van der Waals surface area contributed by atoms with E-state index in [9.17, 15) is 17.2 Å². The van der Waals surface area contributed by atoms with Gasteiger partial charge in [-0.15, -0.1) is 0 Å². The summed E-state index contributed by atoms with van der Waals surface area (Å²) < 4.78 is 56.2. The average Bonchev–Trinajstić information content (AvgIpc) is 2.47. The van der Waals surface area contributed by atoms with E-state index >= 15 is 0 Å². The van der Waals surface area contributed by atoms with Crippen molar-refractivity contribution in [2.24, 2.45) is 0 Å². The van der Waals surface area contributed by atoms with Gasteiger partial charge in [-0.1, -0.05) is 12.1 Å².